The molecule has 0 spiro atoms. The first-order chi connectivity index (χ1) is 9.70. The van der Waals surface area contributed by atoms with Gasteiger partial charge in [0.25, 0.3) is 0 Å². The Labute approximate surface area is 113 Å². The molecule has 0 bridgehead atoms. The van der Waals surface area contributed by atoms with Gasteiger partial charge in [0.1, 0.15) is 5.82 Å². The number of hydrogen-bond acceptors (Lipinski definition) is 3. The Kier molecular flexibility index (Phi) is 3.06. The lowest BCUT2D eigenvalue weighted by molar-refractivity contribution is 0.319. The van der Waals surface area contributed by atoms with Crippen molar-refractivity contribution in [2.75, 3.05) is 6.61 Å². The number of aromatic nitrogens is 3. The summed E-state index contributed by atoms with van der Waals surface area (Å²) in [5.74, 6) is -1.28. The highest BCUT2D eigenvalue weighted by Crippen LogP contribution is 2.29. The first-order valence-corrected chi connectivity index (χ1v) is 6.11. The quantitative estimate of drug-likeness (QED) is 0.737. The summed E-state index contributed by atoms with van der Waals surface area (Å²) < 4.78 is 34.5. The summed E-state index contributed by atoms with van der Waals surface area (Å²) >= 11 is 0. The van der Waals surface area contributed by atoms with Gasteiger partial charge in [0.2, 0.25) is 0 Å². The second-order valence-corrected chi connectivity index (χ2v) is 4.13. The fraction of sp³-hybridized carbons (Fsp3) is 0.143. The van der Waals surface area contributed by atoms with Gasteiger partial charge in [-0.15, -0.1) is 0 Å². The Balaban J connectivity index is 2.19. The van der Waals surface area contributed by atoms with Gasteiger partial charge in [-0.25, -0.2) is 18.3 Å². The topological polar surface area (TPSA) is 39.4 Å². The minimum Gasteiger partial charge on any atom is -0.491 e. The lowest BCUT2D eigenvalue weighted by Crippen LogP contribution is -2.00. The predicted molar refractivity (Wildman–Crippen MR) is 69.5 cm³/mol. The van der Waals surface area contributed by atoms with Crippen LogP contribution in [0.25, 0.3) is 16.9 Å². The van der Waals surface area contributed by atoms with Crippen LogP contribution in [0.2, 0.25) is 0 Å². The molecule has 20 heavy (non-hydrogen) atoms. The number of ether oxygens (including phenoxy) is 1. The zero-order chi connectivity index (χ0) is 14.1. The van der Waals surface area contributed by atoms with Crippen LogP contribution in [0.1, 0.15) is 6.92 Å². The molecule has 6 heteroatoms. The molecule has 4 nitrogen and oxygen atoms in total. The first-order valence-electron chi connectivity index (χ1n) is 6.11. The highest BCUT2D eigenvalue weighted by molar-refractivity contribution is 5.64. The summed E-state index contributed by atoms with van der Waals surface area (Å²) in [5, 5.41) is 4.06. The molecule has 102 valence electrons. The molecule has 3 rings (SSSR count). The molecule has 0 amide bonds. The second kappa shape index (κ2) is 4.88. The van der Waals surface area contributed by atoms with E-state index in [1.54, 1.807) is 25.3 Å². The highest BCUT2D eigenvalue weighted by atomic mass is 19.1. The fourth-order valence-corrected chi connectivity index (χ4v) is 2.03. The third kappa shape index (κ3) is 1.99. The Morgan fingerprint density at radius 2 is 2.00 bits per heavy atom. The molecular formula is C14H11F2N3O. The summed E-state index contributed by atoms with van der Waals surface area (Å²) in [6, 6.07) is 5.42. The summed E-state index contributed by atoms with van der Waals surface area (Å²) in [4.78, 5) is 4.09. The monoisotopic (exact) mass is 275 g/mol. The van der Waals surface area contributed by atoms with Crippen molar-refractivity contribution >= 4 is 5.65 Å². The molecule has 0 N–H and O–H groups in total. The van der Waals surface area contributed by atoms with E-state index in [2.05, 4.69) is 10.1 Å². The van der Waals surface area contributed by atoms with Crippen LogP contribution >= 0.6 is 0 Å². The van der Waals surface area contributed by atoms with Gasteiger partial charge >= 0.3 is 0 Å². The number of halogens is 2. The third-order valence-corrected chi connectivity index (χ3v) is 2.89. The fourth-order valence-electron chi connectivity index (χ4n) is 2.03. The van der Waals surface area contributed by atoms with Crippen LogP contribution in [0.4, 0.5) is 8.78 Å². The number of rotatable bonds is 3. The minimum atomic E-state index is -0.611. The third-order valence-electron chi connectivity index (χ3n) is 2.89. The zero-order valence-electron chi connectivity index (χ0n) is 10.7. The van der Waals surface area contributed by atoms with E-state index in [1.165, 1.54) is 10.7 Å². The molecule has 0 saturated carbocycles. The summed E-state index contributed by atoms with van der Waals surface area (Å²) in [6.07, 6.45) is 3.08. The smallest absolute Gasteiger partial charge is 0.165 e. The largest absolute Gasteiger partial charge is 0.491 e. The lowest BCUT2D eigenvalue weighted by atomic mass is 10.1. The molecule has 0 aliphatic rings. The van der Waals surface area contributed by atoms with Crippen LogP contribution in [-0.4, -0.2) is 21.2 Å². The van der Waals surface area contributed by atoms with Crippen LogP contribution in [0.15, 0.2) is 36.7 Å². The zero-order valence-corrected chi connectivity index (χ0v) is 10.7. The second-order valence-electron chi connectivity index (χ2n) is 4.13. The van der Waals surface area contributed by atoms with Crippen molar-refractivity contribution in [3.8, 4) is 17.0 Å². The molecule has 0 aliphatic heterocycles. The van der Waals surface area contributed by atoms with Gasteiger partial charge in [0.15, 0.2) is 17.2 Å². The van der Waals surface area contributed by atoms with Gasteiger partial charge < -0.3 is 4.74 Å². The molecular weight excluding hydrogens is 264 g/mol. The molecule has 0 radical (unpaired) electrons. The Morgan fingerprint density at radius 1 is 1.15 bits per heavy atom. The Bertz CT molecular complexity index is 770. The minimum absolute atomic E-state index is 0.0977. The number of benzene rings is 1. The van der Waals surface area contributed by atoms with E-state index >= 15 is 0 Å². The van der Waals surface area contributed by atoms with Crippen molar-refractivity contribution in [3.63, 3.8) is 0 Å². The number of fused-ring (bicyclic) bond motifs is 1. The molecule has 0 unspecified atom stereocenters. The molecule has 3 aromatic rings. The normalized spacial score (nSPS) is 10.9. The van der Waals surface area contributed by atoms with Gasteiger partial charge in [-0.05, 0) is 19.1 Å². The molecule has 0 aliphatic carbocycles. The van der Waals surface area contributed by atoms with Crippen LogP contribution in [0.5, 0.6) is 5.75 Å². The van der Waals surface area contributed by atoms with E-state index < -0.39 is 11.6 Å². The van der Waals surface area contributed by atoms with E-state index in [1.807, 2.05) is 0 Å². The van der Waals surface area contributed by atoms with Crippen molar-refractivity contribution in [3.05, 3.63) is 48.3 Å². The van der Waals surface area contributed by atoms with E-state index in [0.29, 0.717) is 11.3 Å². The maximum Gasteiger partial charge on any atom is 0.165 e. The molecule has 0 atom stereocenters. The lowest BCUT2D eigenvalue weighted by Gasteiger charge is -2.09. The van der Waals surface area contributed by atoms with Gasteiger partial charge in [-0.2, -0.15) is 5.10 Å². The molecule has 0 fully saturated rings. The standard InChI is InChI=1S/C14H11F2N3O/c1-2-20-13-8-10(15)9(7-11(13)16)12-3-5-17-14-4-6-18-19(12)14/h3-8H,2H2,1H3. The predicted octanol–water partition coefficient (Wildman–Crippen LogP) is 3.07. The van der Waals surface area contributed by atoms with Crippen molar-refractivity contribution in [1.29, 1.82) is 0 Å². The van der Waals surface area contributed by atoms with Crippen LogP contribution in [0, 0.1) is 11.6 Å². The SMILES string of the molecule is CCOc1cc(F)c(-c2ccnc3ccnn23)cc1F. The van der Waals surface area contributed by atoms with Gasteiger partial charge in [-0.1, -0.05) is 0 Å². The maximum absolute atomic E-state index is 14.2. The highest BCUT2D eigenvalue weighted by Gasteiger charge is 2.15. The van der Waals surface area contributed by atoms with Crippen LogP contribution in [0.3, 0.4) is 0 Å². The molecule has 1 aromatic carbocycles. The number of nitrogens with zero attached hydrogens (tertiary/aromatic N) is 3. The number of hydrogen-bond donors (Lipinski definition) is 0. The van der Waals surface area contributed by atoms with Crippen molar-refractivity contribution in [2.24, 2.45) is 0 Å². The van der Waals surface area contributed by atoms with E-state index in [0.717, 1.165) is 12.1 Å². The molecule has 0 saturated heterocycles. The van der Waals surface area contributed by atoms with Crippen molar-refractivity contribution in [2.45, 2.75) is 6.92 Å². The van der Waals surface area contributed by atoms with E-state index in [-0.39, 0.29) is 17.9 Å². The van der Waals surface area contributed by atoms with Gasteiger partial charge in [0, 0.05) is 23.9 Å². The summed E-state index contributed by atoms with van der Waals surface area (Å²) in [5.41, 5.74) is 1.11. The summed E-state index contributed by atoms with van der Waals surface area (Å²) in [6.45, 7) is 1.98. The van der Waals surface area contributed by atoms with Gasteiger partial charge in [0.05, 0.1) is 18.5 Å². The molecule has 2 heterocycles. The van der Waals surface area contributed by atoms with E-state index in [9.17, 15) is 8.78 Å². The van der Waals surface area contributed by atoms with E-state index in [4.69, 9.17) is 4.74 Å². The Hall–Kier alpha value is -2.50. The van der Waals surface area contributed by atoms with Gasteiger partial charge in [-0.3, -0.25) is 0 Å². The summed E-state index contributed by atoms with van der Waals surface area (Å²) in [7, 11) is 0. The van der Waals surface area contributed by atoms with Crippen molar-refractivity contribution < 1.29 is 13.5 Å². The van der Waals surface area contributed by atoms with Crippen LogP contribution < -0.4 is 4.74 Å². The average molecular weight is 275 g/mol. The van der Waals surface area contributed by atoms with Crippen LogP contribution in [-0.2, 0) is 0 Å². The molecule has 2 aromatic heterocycles. The Morgan fingerprint density at radius 3 is 2.80 bits per heavy atom. The maximum atomic E-state index is 14.2. The van der Waals surface area contributed by atoms with Crippen molar-refractivity contribution in [1.82, 2.24) is 14.6 Å². The first kappa shape index (κ1) is 12.5. The average Bonchev–Trinajstić information content (AvgIpc) is 2.91.